The summed E-state index contributed by atoms with van der Waals surface area (Å²) in [4.78, 5) is 1.13. The Balaban J connectivity index is 1.65. The summed E-state index contributed by atoms with van der Waals surface area (Å²) in [6, 6.07) is 14.6. The zero-order chi connectivity index (χ0) is 18.5. The highest BCUT2D eigenvalue weighted by molar-refractivity contribution is 7.12. The van der Waals surface area contributed by atoms with Crippen molar-refractivity contribution in [2.24, 2.45) is 5.10 Å². The Kier molecular flexibility index (Phi) is 4.04. The summed E-state index contributed by atoms with van der Waals surface area (Å²) in [5, 5.41) is 20.4. The zero-order valence-corrected chi connectivity index (χ0v) is 16.3. The van der Waals surface area contributed by atoms with E-state index >= 15 is 0 Å². The monoisotopic (exact) mass is 416 g/mol. The highest BCUT2D eigenvalue weighted by Gasteiger charge is 2.42. The summed E-state index contributed by atoms with van der Waals surface area (Å²) in [5.74, 6) is 0.869. The number of ether oxygens (including phenoxy) is 1. The Morgan fingerprint density at radius 2 is 1.85 bits per heavy atom. The zero-order valence-electron chi connectivity index (χ0n) is 14.0. The van der Waals surface area contributed by atoms with Crippen LogP contribution in [0.2, 0.25) is 10.0 Å². The van der Waals surface area contributed by atoms with E-state index < -0.39 is 6.23 Å². The van der Waals surface area contributed by atoms with Gasteiger partial charge in [-0.25, -0.2) is 5.01 Å². The number of hydrazone groups is 1. The molecule has 0 spiro atoms. The number of rotatable bonds is 2. The predicted molar refractivity (Wildman–Crippen MR) is 108 cm³/mol. The SMILES string of the molecule is Oc1ccc(Cl)cc1[C@@H]1Oc2ccc(Cl)cc2[C@H]2CC(c3cccs3)=NN21. The van der Waals surface area contributed by atoms with Gasteiger partial charge in [0.25, 0.3) is 0 Å². The largest absolute Gasteiger partial charge is 0.507 e. The third-order valence-electron chi connectivity index (χ3n) is 4.81. The second-order valence-corrected chi connectivity index (χ2v) is 8.30. The molecule has 1 aromatic heterocycles. The van der Waals surface area contributed by atoms with Crippen molar-refractivity contribution in [3.63, 3.8) is 0 Å². The number of hydrogen-bond acceptors (Lipinski definition) is 5. The van der Waals surface area contributed by atoms with E-state index in [1.54, 1.807) is 35.6 Å². The van der Waals surface area contributed by atoms with Crippen LogP contribution in [0.4, 0.5) is 0 Å². The molecule has 0 fully saturated rings. The number of phenols is 1. The molecule has 0 unspecified atom stereocenters. The topological polar surface area (TPSA) is 45.1 Å². The lowest BCUT2D eigenvalue weighted by Gasteiger charge is -2.38. The van der Waals surface area contributed by atoms with Gasteiger partial charge in [-0.1, -0.05) is 29.3 Å². The molecule has 0 bridgehead atoms. The van der Waals surface area contributed by atoms with Crippen LogP contribution in [-0.2, 0) is 0 Å². The van der Waals surface area contributed by atoms with Crippen molar-refractivity contribution in [3.8, 4) is 11.5 Å². The fraction of sp³-hybridized carbons (Fsp3) is 0.150. The van der Waals surface area contributed by atoms with Gasteiger partial charge in [-0.3, -0.25) is 0 Å². The van der Waals surface area contributed by atoms with Gasteiger partial charge >= 0.3 is 0 Å². The van der Waals surface area contributed by atoms with Crippen molar-refractivity contribution in [2.75, 3.05) is 0 Å². The number of benzene rings is 2. The number of thiophene rings is 1. The number of aromatic hydroxyl groups is 1. The predicted octanol–water partition coefficient (Wildman–Crippen LogP) is 6.00. The Labute approximate surface area is 170 Å². The molecule has 7 heteroatoms. The lowest BCUT2D eigenvalue weighted by molar-refractivity contribution is -0.0203. The Bertz CT molecular complexity index is 1050. The van der Waals surface area contributed by atoms with Crippen LogP contribution in [0.25, 0.3) is 0 Å². The second kappa shape index (κ2) is 6.44. The second-order valence-electron chi connectivity index (χ2n) is 6.48. The first kappa shape index (κ1) is 16.9. The number of halogens is 2. The molecule has 0 amide bonds. The first-order chi connectivity index (χ1) is 13.1. The number of nitrogens with zero attached hydrogens (tertiary/aromatic N) is 2. The number of hydrogen-bond donors (Lipinski definition) is 1. The lowest BCUT2D eigenvalue weighted by atomic mass is 9.97. The van der Waals surface area contributed by atoms with E-state index in [0.717, 1.165) is 28.3 Å². The highest BCUT2D eigenvalue weighted by atomic mass is 35.5. The van der Waals surface area contributed by atoms with Crippen LogP contribution in [0.5, 0.6) is 11.5 Å². The van der Waals surface area contributed by atoms with Crippen LogP contribution in [-0.4, -0.2) is 15.8 Å². The summed E-state index contributed by atoms with van der Waals surface area (Å²) < 4.78 is 6.23. The minimum Gasteiger partial charge on any atom is -0.507 e. The molecule has 3 aromatic rings. The van der Waals surface area contributed by atoms with Crippen LogP contribution in [0.1, 0.15) is 34.7 Å². The van der Waals surface area contributed by atoms with E-state index in [9.17, 15) is 5.11 Å². The minimum atomic E-state index is -0.570. The average molecular weight is 417 g/mol. The van der Waals surface area contributed by atoms with E-state index in [0.29, 0.717) is 15.6 Å². The van der Waals surface area contributed by atoms with Crippen molar-refractivity contribution >= 4 is 40.3 Å². The summed E-state index contributed by atoms with van der Waals surface area (Å²) in [5.41, 5.74) is 2.58. The fourth-order valence-corrected chi connectivity index (χ4v) is 4.66. The molecule has 136 valence electrons. The molecule has 0 radical (unpaired) electrons. The molecule has 4 nitrogen and oxygen atoms in total. The van der Waals surface area contributed by atoms with E-state index in [1.165, 1.54) is 0 Å². The van der Waals surface area contributed by atoms with Gasteiger partial charge in [0.1, 0.15) is 11.5 Å². The molecule has 0 aliphatic carbocycles. The molecule has 2 atom stereocenters. The lowest BCUT2D eigenvalue weighted by Crippen LogP contribution is -2.33. The average Bonchev–Trinajstić information content (AvgIpc) is 3.32. The van der Waals surface area contributed by atoms with Gasteiger partial charge in [-0.2, -0.15) is 5.10 Å². The minimum absolute atomic E-state index is 0.0204. The normalized spacial score (nSPS) is 20.7. The summed E-state index contributed by atoms with van der Waals surface area (Å²) in [7, 11) is 0. The van der Waals surface area contributed by atoms with E-state index in [2.05, 4.69) is 6.07 Å². The van der Waals surface area contributed by atoms with Gasteiger partial charge in [0, 0.05) is 22.0 Å². The van der Waals surface area contributed by atoms with Gasteiger partial charge in [-0.05, 0) is 47.8 Å². The number of fused-ring (bicyclic) bond motifs is 3. The van der Waals surface area contributed by atoms with Crippen LogP contribution >= 0.6 is 34.5 Å². The smallest absolute Gasteiger partial charge is 0.217 e. The van der Waals surface area contributed by atoms with E-state index in [4.69, 9.17) is 33.0 Å². The Morgan fingerprint density at radius 3 is 2.63 bits per heavy atom. The molecule has 2 aliphatic rings. The van der Waals surface area contributed by atoms with Gasteiger partial charge in [0.15, 0.2) is 0 Å². The molecular weight excluding hydrogens is 403 g/mol. The van der Waals surface area contributed by atoms with Gasteiger partial charge in [0.2, 0.25) is 6.23 Å². The first-order valence-electron chi connectivity index (χ1n) is 8.44. The molecule has 1 N–H and O–H groups in total. The molecule has 3 heterocycles. The number of phenolic OH excluding ortho intramolecular Hbond substituents is 1. The molecular formula is C20H14Cl2N2O2S. The van der Waals surface area contributed by atoms with Crippen LogP contribution in [0, 0.1) is 0 Å². The van der Waals surface area contributed by atoms with Gasteiger partial charge in [-0.15, -0.1) is 11.3 Å². The molecule has 2 aromatic carbocycles. The molecule has 0 saturated heterocycles. The van der Waals surface area contributed by atoms with Crippen LogP contribution in [0.3, 0.4) is 0 Å². The summed E-state index contributed by atoms with van der Waals surface area (Å²) in [6.07, 6.45) is 0.175. The third-order valence-corrected chi connectivity index (χ3v) is 6.20. The van der Waals surface area contributed by atoms with Crippen molar-refractivity contribution in [1.82, 2.24) is 5.01 Å². The van der Waals surface area contributed by atoms with Crippen molar-refractivity contribution in [3.05, 3.63) is 80.0 Å². The quantitative estimate of drug-likeness (QED) is 0.556. The maximum atomic E-state index is 10.4. The van der Waals surface area contributed by atoms with E-state index in [-0.39, 0.29) is 11.8 Å². The summed E-state index contributed by atoms with van der Waals surface area (Å²) >= 11 is 14.1. The van der Waals surface area contributed by atoms with E-state index in [1.807, 2.05) is 28.6 Å². The molecule has 5 rings (SSSR count). The van der Waals surface area contributed by atoms with Crippen molar-refractivity contribution < 1.29 is 9.84 Å². The maximum Gasteiger partial charge on any atom is 0.217 e. The molecule has 2 aliphatic heterocycles. The Hall–Kier alpha value is -2.21. The molecule has 0 saturated carbocycles. The maximum absolute atomic E-state index is 10.4. The van der Waals surface area contributed by atoms with Crippen molar-refractivity contribution in [1.29, 1.82) is 0 Å². The first-order valence-corrected chi connectivity index (χ1v) is 10.1. The summed E-state index contributed by atoms with van der Waals surface area (Å²) in [6.45, 7) is 0. The van der Waals surface area contributed by atoms with Crippen LogP contribution in [0.15, 0.2) is 59.0 Å². The van der Waals surface area contributed by atoms with Gasteiger partial charge in [0.05, 0.1) is 22.2 Å². The fourth-order valence-electron chi connectivity index (χ4n) is 3.58. The molecule has 27 heavy (non-hydrogen) atoms. The highest BCUT2D eigenvalue weighted by Crippen LogP contribution is 2.49. The van der Waals surface area contributed by atoms with Gasteiger partial charge < -0.3 is 9.84 Å². The standard InChI is InChI=1S/C20H14Cl2N2O2S/c21-11-3-5-17(25)14(9-11)20-24-16(10-15(23-24)19-2-1-7-27-19)13-8-12(22)4-6-18(13)26-20/h1-9,16,20,25H,10H2/t16-,20+/m1/s1. The third kappa shape index (κ3) is 2.87. The van der Waals surface area contributed by atoms with Crippen molar-refractivity contribution in [2.45, 2.75) is 18.7 Å². The Morgan fingerprint density at radius 1 is 1.07 bits per heavy atom. The van der Waals surface area contributed by atoms with Crippen LogP contribution < -0.4 is 4.74 Å².